The number of aliphatic hydroxyl groups is 1. The van der Waals surface area contributed by atoms with Crippen LogP contribution in [0.1, 0.15) is 135 Å². The molecular formula is C61H83NO15Si2. The van der Waals surface area contributed by atoms with Crippen LogP contribution in [0.5, 0.6) is 5.75 Å². The van der Waals surface area contributed by atoms with Crippen molar-refractivity contribution in [1.29, 1.82) is 0 Å². The van der Waals surface area contributed by atoms with E-state index < -0.39 is 134 Å². The summed E-state index contributed by atoms with van der Waals surface area (Å²) in [4.78, 5) is 89.3. The summed E-state index contributed by atoms with van der Waals surface area (Å²) in [6.45, 7) is 27.2. The van der Waals surface area contributed by atoms with Gasteiger partial charge in [0.1, 0.15) is 29.7 Å². The molecule has 3 fully saturated rings. The molecule has 1 saturated heterocycles. The second-order valence-corrected chi connectivity index (χ2v) is 33.6. The molecule has 3 aromatic carbocycles. The van der Waals surface area contributed by atoms with Gasteiger partial charge < -0.3 is 47.7 Å². The number of carbonyl (C=O) groups is 6. The van der Waals surface area contributed by atoms with Gasteiger partial charge in [-0.05, 0) is 104 Å². The quantitative estimate of drug-likeness (QED) is 0.0495. The van der Waals surface area contributed by atoms with E-state index in [1.165, 1.54) is 19.9 Å². The third-order valence-corrected chi connectivity index (χ3v) is 27.5. The second kappa shape index (κ2) is 23.2. The van der Waals surface area contributed by atoms with Gasteiger partial charge in [-0.3, -0.25) is 19.2 Å². The van der Waals surface area contributed by atoms with Crippen LogP contribution in [0.15, 0.2) is 96.1 Å². The summed E-state index contributed by atoms with van der Waals surface area (Å²) in [5.74, 6) is -5.54. The number of benzene rings is 3. The zero-order chi connectivity index (χ0) is 58.3. The molecule has 1 amide bonds. The van der Waals surface area contributed by atoms with Gasteiger partial charge in [0.2, 0.25) is 0 Å². The van der Waals surface area contributed by atoms with Crippen molar-refractivity contribution in [2.75, 3.05) is 13.2 Å². The van der Waals surface area contributed by atoms with E-state index in [1.54, 1.807) is 100 Å². The summed E-state index contributed by atoms with van der Waals surface area (Å²) < 4.78 is 53.0. The highest BCUT2D eigenvalue weighted by Gasteiger charge is 2.79. The number of ether oxygens (including phenoxy) is 6. The van der Waals surface area contributed by atoms with Crippen LogP contribution in [0.3, 0.4) is 0 Å². The Hall–Kier alpha value is -5.51. The first-order valence-corrected chi connectivity index (χ1v) is 33.3. The van der Waals surface area contributed by atoms with Gasteiger partial charge in [0.25, 0.3) is 5.91 Å². The lowest BCUT2D eigenvalue weighted by Crippen LogP contribution is -2.82. The van der Waals surface area contributed by atoms with Crippen LogP contribution in [-0.2, 0) is 51.7 Å². The van der Waals surface area contributed by atoms with E-state index >= 15 is 14.4 Å². The van der Waals surface area contributed by atoms with Crippen LogP contribution in [0.4, 0.5) is 0 Å². The summed E-state index contributed by atoms with van der Waals surface area (Å²) in [6.07, 6.45) is -8.75. The molecule has 3 aromatic rings. The average Bonchev–Trinajstić information content (AvgIpc) is 3.08. The molecular weight excluding hydrogens is 1040 g/mol. The van der Waals surface area contributed by atoms with Crippen molar-refractivity contribution in [1.82, 2.24) is 5.32 Å². The third kappa shape index (κ3) is 11.3. The zero-order valence-corrected chi connectivity index (χ0v) is 50.8. The van der Waals surface area contributed by atoms with Gasteiger partial charge in [-0.1, -0.05) is 110 Å². The first-order valence-electron chi connectivity index (χ1n) is 27.9. The molecule has 16 nitrogen and oxygen atoms in total. The molecule has 1 heterocycles. The minimum Gasteiger partial charge on any atom is -0.494 e. The molecule has 0 spiro atoms. The smallest absolute Gasteiger partial charge is 0.338 e. The maximum Gasteiger partial charge on any atom is 0.338 e. The molecule has 7 rings (SSSR count). The number of esters is 4. The van der Waals surface area contributed by atoms with Gasteiger partial charge in [0.05, 0.1) is 42.3 Å². The molecule has 2 saturated carbocycles. The molecule has 1 aliphatic heterocycles. The lowest BCUT2D eigenvalue weighted by Gasteiger charge is -2.68. The largest absolute Gasteiger partial charge is 0.494 e. The normalized spacial score (nSPS) is 28.2. The molecule has 430 valence electrons. The topological polar surface area (TPSA) is 209 Å². The monoisotopic (exact) mass is 1130 g/mol. The van der Waals surface area contributed by atoms with E-state index in [2.05, 4.69) is 26.1 Å². The third-order valence-electron chi connectivity index (χ3n) is 18.3. The molecule has 2 bridgehead atoms. The Balaban J connectivity index is 1.50. The molecule has 4 aliphatic rings. The van der Waals surface area contributed by atoms with Gasteiger partial charge in [-0.2, -0.15) is 0 Å². The Morgan fingerprint density at radius 2 is 1.43 bits per heavy atom. The first kappa shape index (κ1) is 61.1. The summed E-state index contributed by atoms with van der Waals surface area (Å²) in [5.41, 5.74) is -6.26. The summed E-state index contributed by atoms with van der Waals surface area (Å²) in [7, 11) is -5.64. The van der Waals surface area contributed by atoms with Crippen LogP contribution in [-0.4, -0.2) is 118 Å². The van der Waals surface area contributed by atoms with Crippen molar-refractivity contribution in [3.63, 3.8) is 0 Å². The van der Waals surface area contributed by atoms with E-state index in [0.29, 0.717) is 47.2 Å². The van der Waals surface area contributed by atoms with Crippen molar-refractivity contribution in [2.24, 2.45) is 16.7 Å². The molecule has 79 heavy (non-hydrogen) atoms. The molecule has 2 N–H and O–H groups in total. The molecule has 0 unspecified atom stereocenters. The van der Waals surface area contributed by atoms with E-state index in [9.17, 15) is 19.5 Å². The number of amides is 1. The lowest BCUT2D eigenvalue weighted by molar-refractivity contribution is -0.344. The van der Waals surface area contributed by atoms with Gasteiger partial charge in [0.15, 0.2) is 40.2 Å². The zero-order valence-electron chi connectivity index (χ0n) is 48.8. The van der Waals surface area contributed by atoms with Gasteiger partial charge >= 0.3 is 23.9 Å². The van der Waals surface area contributed by atoms with Crippen molar-refractivity contribution in [3.05, 3.63) is 113 Å². The summed E-state index contributed by atoms with van der Waals surface area (Å²) >= 11 is 0. The number of Topliss-reactive ketones (excluding diaryl/α,β-unsaturated/α-hetero) is 1. The lowest BCUT2D eigenvalue weighted by atomic mass is 9.44. The van der Waals surface area contributed by atoms with E-state index in [4.69, 9.17) is 37.3 Å². The van der Waals surface area contributed by atoms with Gasteiger partial charge in [-0.25, -0.2) is 9.59 Å². The molecule has 3 aliphatic carbocycles. The highest BCUT2D eigenvalue weighted by atomic mass is 28.4. The molecule has 0 radical (unpaired) electrons. The Kier molecular flexibility index (Phi) is 17.9. The van der Waals surface area contributed by atoms with Crippen LogP contribution in [0.25, 0.3) is 0 Å². The highest BCUT2D eigenvalue weighted by Crippen LogP contribution is 2.65. The van der Waals surface area contributed by atoms with Crippen molar-refractivity contribution >= 4 is 52.2 Å². The van der Waals surface area contributed by atoms with E-state index in [-0.39, 0.29) is 24.2 Å². The summed E-state index contributed by atoms with van der Waals surface area (Å²) in [5, 5.41) is 17.2. The average molecular weight is 1130 g/mol. The fourth-order valence-corrected chi connectivity index (χ4v) is 16.7. The molecule has 18 heteroatoms. The minimum absolute atomic E-state index is 0.0574. The predicted octanol–water partition coefficient (Wildman–Crippen LogP) is 10.2. The maximum atomic E-state index is 16.7. The van der Waals surface area contributed by atoms with E-state index in [1.807, 2.05) is 46.9 Å². The highest BCUT2D eigenvalue weighted by molar-refractivity contribution is 6.74. The number of fused-ring (bicyclic) bond motifs is 5. The van der Waals surface area contributed by atoms with Gasteiger partial charge in [-0.15, -0.1) is 0 Å². The fraction of sp³-hybridized carbons (Fsp3) is 0.574. The Morgan fingerprint density at radius 1 is 0.823 bits per heavy atom. The van der Waals surface area contributed by atoms with Crippen LogP contribution in [0, 0.1) is 16.7 Å². The predicted molar refractivity (Wildman–Crippen MR) is 301 cm³/mol. The minimum atomic E-state index is -2.96. The molecule has 11 atom stereocenters. The van der Waals surface area contributed by atoms with Crippen LogP contribution < -0.4 is 10.1 Å². The van der Waals surface area contributed by atoms with Crippen LogP contribution >= 0.6 is 0 Å². The van der Waals surface area contributed by atoms with Crippen molar-refractivity contribution in [3.8, 4) is 5.75 Å². The number of hydrogen-bond acceptors (Lipinski definition) is 15. The number of hydrogen-bond donors (Lipinski definition) is 2. The van der Waals surface area contributed by atoms with Crippen LogP contribution in [0.2, 0.25) is 36.3 Å². The number of nitrogens with one attached hydrogen (secondary N) is 1. The Morgan fingerprint density at radius 3 is 1.97 bits per heavy atom. The summed E-state index contributed by atoms with van der Waals surface area (Å²) in [6, 6.07) is 24.8. The number of ketones is 1. The number of carbonyl (C=O) groups excluding carboxylic acids is 6. The number of rotatable bonds is 19. The Labute approximate surface area is 468 Å². The second-order valence-electron chi connectivity index (χ2n) is 24.1. The Bertz CT molecular complexity index is 2780. The van der Waals surface area contributed by atoms with Crippen molar-refractivity contribution < 1.29 is 71.1 Å². The maximum absolute atomic E-state index is 16.7. The fourth-order valence-electron chi connectivity index (χ4n) is 12.5. The first-order chi connectivity index (χ1) is 37.0. The standard InChI is InChI=1S/C61H83NO15Si2/c1-16-70-43-32-26-31-42(33-43)55(67)74-53-51-59(13,45(76-79(17-2,18-3)19-4)34-46-60(51,36-71-46)75-39(7)64)52(65)49(72-38(6)63)47-37(5)44(35-61(53,69)58(47,11)12)73-56(68)50(77-78(14,15)57(8,9)10)48(40-27-22-20-23-28-40)62-54(66)41-29-24-21-25-30-41/h20-33,44-46,48-51,53,69H,16-19,34-36H2,1-15H3,(H,62,66)/t44-,45-,46+,48-,49+,50+,51-,53-,59+,60-,61+/m0/s1. The SMILES string of the molecule is CCOc1cccc(C(=O)O[C@H]2[C@@H]3[C@]4(OC(C)=O)CO[C@@H]4C[C@H](O[Si](CC)(CC)CC)[C@@]3(C)C(=O)[C@H](OC(C)=O)C3=C(C)[C@@H](OC(=O)[C@H](O[Si](C)(C)C(C)(C)C)[C@@H](NC(=O)c4ccccc4)c4ccccc4)C[C@]2(O)C3(C)C)c1. The van der Waals surface area contributed by atoms with Crippen molar-refractivity contribution in [2.45, 2.75) is 193 Å². The van der Waals surface area contributed by atoms with Gasteiger partial charge in [0, 0.05) is 37.7 Å². The molecule has 0 aromatic heterocycles. The van der Waals surface area contributed by atoms with E-state index in [0.717, 1.165) is 0 Å².